The number of carbonyl (C=O) groups is 2. The van der Waals surface area contributed by atoms with Gasteiger partial charge in [0.2, 0.25) is 0 Å². The van der Waals surface area contributed by atoms with Crippen LogP contribution in [0.1, 0.15) is 22.3 Å². The Bertz CT molecular complexity index is 1170. The Hall–Kier alpha value is -3.40. The van der Waals surface area contributed by atoms with Crippen LogP contribution in [0.4, 0.5) is 0 Å². The Labute approximate surface area is 149 Å². The second-order valence-electron chi connectivity index (χ2n) is 6.35. The molecule has 3 aromatic rings. The molecule has 0 aliphatic heterocycles. The van der Waals surface area contributed by atoms with Gasteiger partial charge in [-0.2, -0.15) is 0 Å². The van der Waals surface area contributed by atoms with Crippen molar-refractivity contribution in [2.75, 3.05) is 0 Å². The Morgan fingerprint density at radius 2 is 1.62 bits per heavy atom. The maximum absolute atomic E-state index is 12.0. The molecule has 26 heavy (non-hydrogen) atoms. The molecule has 0 amide bonds. The number of aromatic carboxylic acids is 1. The highest BCUT2D eigenvalue weighted by atomic mass is 16.4. The third-order valence-electron chi connectivity index (χ3n) is 4.90. The molecule has 2 N–H and O–H groups in total. The van der Waals surface area contributed by atoms with E-state index in [4.69, 9.17) is 0 Å². The number of rotatable bonds is 3. The summed E-state index contributed by atoms with van der Waals surface area (Å²) < 4.78 is 0. The summed E-state index contributed by atoms with van der Waals surface area (Å²) in [5.74, 6) is -2.79. The lowest BCUT2D eigenvalue weighted by Gasteiger charge is -2.22. The molecule has 0 heterocycles. The number of carboxylic acid groups (broad SMARTS) is 2. The van der Waals surface area contributed by atoms with Gasteiger partial charge < -0.3 is 10.2 Å². The maximum Gasteiger partial charge on any atom is 0.336 e. The van der Waals surface area contributed by atoms with Gasteiger partial charge >= 0.3 is 11.9 Å². The van der Waals surface area contributed by atoms with Crippen LogP contribution in [0.5, 0.6) is 0 Å². The largest absolute Gasteiger partial charge is 0.481 e. The second-order valence-corrected chi connectivity index (χ2v) is 6.35. The zero-order valence-corrected chi connectivity index (χ0v) is 13.8. The Kier molecular flexibility index (Phi) is 3.81. The first kappa shape index (κ1) is 16.1. The predicted molar refractivity (Wildman–Crippen MR) is 99.3 cm³/mol. The van der Waals surface area contributed by atoms with Crippen LogP contribution in [0.25, 0.3) is 22.4 Å². The lowest BCUT2D eigenvalue weighted by molar-refractivity contribution is -0.139. The Morgan fingerprint density at radius 1 is 0.885 bits per heavy atom. The van der Waals surface area contributed by atoms with Gasteiger partial charge in [-0.1, -0.05) is 60.7 Å². The van der Waals surface area contributed by atoms with Gasteiger partial charge in [0, 0.05) is 5.56 Å². The molecule has 0 radical (unpaired) electrons. The Morgan fingerprint density at radius 3 is 2.38 bits per heavy atom. The van der Waals surface area contributed by atoms with Crippen molar-refractivity contribution in [3.63, 3.8) is 0 Å². The van der Waals surface area contributed by atoms with Crippen LogP contribution >= 0.6 is 0 Å². The SMILES string of the molecule is O=C(O)c1ccc2ccccc2c1C1=c2ccccc2=CCC1C(=O)O. The minimum atomic E-state index is -1.06. The topological polar surface area (TPSA) is 74.6 Å². The standard InChI is InChI=1S/C22H16O4/c23-21(24)17-11-9-13-5-1-3-7-15(13)19(17)20-16-8-4-2-6-14(16)10-12-18(20)22(25)26/h1-11,18H,12H2,(H,23,24)(H,25,26). The van der Waals surface area contributed by atoms with Crippen molar-refractivity contribution < 1.29 is 19.8 Å². The van der Waals surface area contributed by atoms with E-state index in [0.717, 1.165) is 21.2 Å². The molecule has 0 saturated heterocycles. The summed E-state index contributed by atoms with van der Waals surface area (Å²) in [7, 11) is 0. The van der Waals surface area contributed by atoms with E-state index in [0.29, 0.717) is 17.6 Å². The van der Waals surface area contributed by atoms with Crippen LogP contribution in [0.15, 0.2) is 60.7 Å². The summed E-state index contributed by atoms with van der Waals surface area (Å²) in [4.78, 5) is 23.9. The average Bonchev–Trinajstić information content (AvgIpc) is 2.66. The first-order valence-electron chi connectivity index (χ1n) is 8.35. The summed E-state index contributed by atoms with van der Waals surface area (Å²) >= 11 is 0. The maximum atomic E-state index is 12.0. The molecule has 1 aliphatic carbocycles. The molecule has 0 aromatic heterocycles. The van der Waals surface area contributed by atoms with E-state index < -0.39 is 17.9 Å². The van der Waals surface area contributed by atoms with Crippen molar-refractivity contribution in [3.8, 4) is 0 Å². The van der Waals surface area contributed by atoms with Gasteiger partial charge in [0.1, 0.15) is 0 Å². The van der Waals surface area contributed by atoms with Gasteiger partial charge in [-0.25, -0.2) is 4.79 Å². The smallest absolute Gasteiger partial charge is 0.336 e. The quantitative estimate of drug-likeness (QED) is 0.766. The first-order valence-corrected chi connectivity index (χ1v) is 8.35. The molecule has 1 aliphatic rings. The van der Waals surface area contributed by atoms with Gasteiger partial charge in [0.05, 0.1) is 11.5 Å². The zero-order valence-electron chi connectivity index (χ0n) is 13.8. The second kappa shape index (κ2) is 6.15. The molecular formula is C22H16O4. The third-order valence-corrected chi connectivity index (χ3v) is 4.90. The van der Waals surface area contributed by atoms with E-state index in [2.05, 4.69) is 0 Å². The highest BCUT2D eigenvalue weighted by molar-refractivity contribution is 6.07. The van der Waals surface area contributed by atoms with Gasteiger partial charge in [-0.15, -0.1) is 0 Å². The molecule has 4 rings (SSSR count). The fraction of sp³-hybridized carbons (Fsp3) is 0.0909. The molecule has 0 fully saturated rings. The molecule has 128 valence electrons. The lowest BCUT2D eigenvalue weighted by atomic mass is 9.80. The van der Waals surface area contributed by atoms with Crippen molar-refractivity contribution in [2.45, 2.75) is 6.42 Å². The lowest BCUT2D eigenvalue weighted by Crippen LogP contribution is -2.36. The molecule has 1 unspecified atom stereocenters. The minimum Gasteiger partial charge on any atom is -0.481 e. The van der Waals surface area contributed by atoms with E-state index in [1.54, 1.807) is 12.1 Å². The van der Waals surface area contributed by atoms with Crippen LogP contribution in [-0.4, -0.2) is 22.2 Å². The molecule has 0 spiro atoms. The molecule has 0 bridgehead atoms. The van der Waals surface area contributed by atoms with Crippen LogP contribution in [-0.2, 0) is 4.79 Å². The average molecular weight is 344 g/mol. The summed E-state index contributed by atoms with van der Waals surface area (Å²) in [6.07, 6.45) is 2.24. The van der Waals surface area contributed by atoms with Crippen LogP contribution in [0.2, 0.25) is 0 Å². The molecule has 4 nitrogen and oxygen atoms in total. The number of benzene rings is 3. The number of carboxylic acids is 2. The first-order chi connectivity index (χ1) is 12.6. The van der Waals surface area contributed by atoms with Crippen molar-refractivity contribution in [3.05, 3.63) is 82.2 Å². The summed E-state index contributed by atoms with van der Waals surface area (Å²) in [6.45, 7) is 0. The van der Waals surface area contributed by atoms with Gasteiger partial charge in [-0.3, -0.25) is 4.79 Å². The molecule has 4 heteroatoms. The molecule has 0 saturated carbocycles. The normalized spacial score (nSPS) is 16.0. The fourth-order valence-electron chi connectivity index (χ4n) is 3.74. The summed E-state index contributed by atoms with van der Waals surface area (Å²) in [5, 5.41) is 22.9. The van der Waals surface area contributed by atoms with Gasteiger partial charge in [-0.05, 0) is 39.3 Å². The van der Waals surface area contributed by atoms with E-state index in [9.17, 15) is 19.8 Å². The van der Waals surface area contributed by atoms with Crippen molar-refractivity contribution >= 4 is 34.4 Å². The summed E-state index contributed by atoms with van der Waals surface area (Å²) in [5.41, 5.74) is 1.20. The van der Waals surface area contributed by atoms with Crippen LogP contribution < -0.4 is 10.4 Å². The van der Waals surface area contributed by atoms with Crippen molar-refractivity contribution in [1.82, 2.24) is 0 Å². The molecule has 3 aromatic carbocycles. The fourth-order valence-corrected chi connectivity index (χ4v) is 3.74. The van der Waals surface area contributed by atoms with Crippen LogP contribution in [0, 0.1) is 5.92 Å². The highest BCUT2D eigenvalue weighted by Crippen LogP contribution is 2.34. The summed E-state index contributed by atoms with van der Waals surface area (Å²) in [6, 6.07) is 18.3. The zero-order chi connectivity index (χ0) is 18.3. The van der Waals surface area contributed by atoms with E-state index >= 15 is 0 Å². The third kappa shape index (κ3) is 2.47. The number of fused-ring (bicyclic) bond motifs is 2. The van der Waals surface area contributed by atoms with Crippen molar-refractivity contribution in [1.29, 1.82) is 0 Å². The van der Waals surface area contributed by atoms with Gasteiger partial charge in [0.25, 0.3) is 0 Å². The predicted octanol–water partition coefficient (Wildman–Crippen LogP) is 2.62. The van der Waals surface area contributed by atoms with Crippen LogP contribution in [0.3, 0.4) is 0 Å². The van der Waals surface area contributed by atoms with E-state index in [1.165, 1.54) is 0 Å². The van der Waals surface area contributed by atoms with E-state index in [1.807, 2.05) is 54.6 Å². The van der Waals surface area contributed by atoms with Crippen molar-refractivity contribution in [2.24, 2.45) is 5.92 Å². The van der Waals surface area contributed by atoms with Gasteiger partial charge in [0.15, 0.2) is 0 Å². The molecule has 1 atom stereocenters. The highest BCUT2D eigenvalue weighted by Gasteiger charge is 2.29. The minimum absolute atomic E-state index is 0.127. The monoisotopic (exact) mass is 344 g/mol. The number of hydrogen-bond donors (Lipinski definition) is 2. The molecular weight excluding hydrogens is 328 g/mol. The Balaban J connectivity index is 2.23. The van der Waals surface area contributed by atoms with E-state index in [-0.39, 0.29) is 5.56 Å². The number of aliphatic carboxylic acids is 1. The number of hydrogen-bond acceptors (Lipinski definition) is 2.